The van der Waals surface area contributed by atoms with Gasteiger partial charge < -0.3 is 10.2 Å². The fourth-order valence-electron chi connectivity index (χ4n) is 3.16. The van der Waals surface area contributed by atoms with Crippen LogP contribution in [0.2, 0.25) is 5.02 Å². The summed E-state index contributed by atoms with van der Waals surface area (Å²) in [5.74, 6) is 0.493. The molecule has 0 aliphatic carbocycles. The molecule has 0 bridgehead atoms. The second-order valence-electron chi connectivity index (χ2n) is 6.65. The molecule has 2 N–H and O–H groups in total. The number of carbonyl (C=O) groups excluding carboxylic acids is 2. The van der Waals surface area contributed by atoms with E-state index in [1.165, 1.54) is 6.20 Å². The number of likely N-dealkylation sites (tertiary alicyclic amines) is 1. The molecule has 2 heterocycles. The Morgan fingerprint density at radius 2 is 1.96 bits per heavy atom. The number of hydrogen-bond acceptors (Lipinski definition) is 3. The summed E-state index contributed by atoms with van der Waals surface area (Å²) in [4.78, 5) is 26.2. The van der Waals surface area contributed by atoms with Gasteiger partial charge in [-0.25, -0.2) is 0 Å². The highest BCUT2D eigenvalue weighted by Crippen LogP contribution is 2.18. The van der Waals surface area contributed by atoms with E-state index >= 15 is 0 Å². The molecule has 2 aromatic rings. The van der Waals surface area contributed by atoms with Crippen LogP contribution in [0.1, 0.15) is 35.2 Å². The second kappa shape index (κ2) is 8.85. The number of aryl methyl sites for hydroxylation is 1. The monoisotopic (exact) mass is 374 g/mol. The van der Waals surface area contributed by atoms with Gasteiger partial charge >= 0.3 is 0 Å². The summed E-state index contributed by atoms with van der Waals surface area (Å²) in [5.41, 5.74) is 1.67. The van der Waals surface area contributed by atoms with Gasteiger partial charge in [-0.3, -0.25) is 14.7 Å². The maximum absolute atomic E-state index is 12.4. The third-order valence-electron chi connectivity index (χ3n) is 4.82. The first-order valence-electron chi connectivity index (χ1n) is 8.91. The van der Waals surface area contributed by atoms with Crippen molar-refractivity contribution in [3.05, 3.63) is 52.8 Å². The Hall–Kier alpha value is -2.34. The van der Waals surface area contributed by atoms with Crippen LogP contribution in [0.3, 0.4) is 0 Å². The predicted octanol–water partition coefficient (Wildman–Crippen LogP) is 2.66. The number of rotatable bonds is 6. The van der Waals surface area contributed by atoms with E-state index in [1.54, 1.807) is 6.20 Å². The van der Waals surface area contributed by atoms with E-state index in [0.717, 1.165) is 37.9 Å². The van der Waals surface area contributed by atoms with Gasteiger partial charge in [0, 0.05) is 37.3 Å². The zero-order valence-corrected chi connectivity index (χ0v) is 15.3. The normalized spacial score (nSPS) is 15.0. The predicted molar refractivity (Wildman–Crippen MR) is 100.0 cm³/mol. The Bertz CT molecular complexity index is 723. The molecule has 6 nitrogen and oxygen atoms in total. The van der Waals surface area contributed by atoms with Gasteiger partial charge in [0.25, 0.3) is 5.91 Å². The standard InChI is InChI=1S/C19H23ClN4O2/c20-17-4-1-14(2-5-17)3-6-18(25)24-9-7-15(8-10-24)11-21-19(26)16-12-22-23-13-16/h1-2,4-5,12-13,15H,3,6-11H2,(H,21,26)(H,22,23). The Kier molecular flexibility index (Phi) is 6.28. The van der Waals surface area contributed by atoms with Crippen LogP contribution in [-0.4, -0.2) is 46.5 Å². The van der Waals surface area contributed by atoms with E-state index < -0.39 is 0 Å². The van der Waals surface area contributed by atoms with Crippen LogP contribution in [0.4, 0.5) is 0 Å². The zero-order chi connectivity index (χ0) is 18.4. The minimum absolute atomic E-state index is 0.111. The summed E-state index contributed by atoms with van der Waals surface area (Å²) in [6, 6.07) is 7.63. The van der Waals surface area contributed by atoms with Crippen LogP contribution < -0.4 is 5.32 Å². The van der Waals surface area contributed by atoms with Crippen molar-refractivity contribution in [1.29, 1.82) is 0 Å². The smallest absolute Gasteiger partial charge is 0.254 e. The fourth-order valence-corrected chi connectivity index (χ4v) is 3.29. The van der Waals surface area contributed by atoms with Gasteiger partial charge in [-0.05, 0) is 42.9 Å². The SMILES string of the molecule is O=C(NCC1CCN(C(=O)CCc2ccc(Cl)cc2)CC1)c1cn[nH]c1. The average molecular weight is 375 g/mol. The molecular weight excluding hydrogens is 352 g/mol. The van der Waals surface area contributed by atoms with Crippen molar-refractivity contribution in [1.82, 2.24) is 20.4 Å². The number of aromatic amines is 1. The van der Waals surface area contributed by atoms with Gasteiger partial charge in [0.2, 0.25) is 5.91 Å². The molecule has 2 amide bonds. The summed E-state index contributed by atoms with van der Waals surface area (Å²) in [6.07, 6.45) is 6.17. The molecule has 1 aliphatic heterocycles. The summed E-state index contributed by atoms with van der Waals surface area (Å²) in [7, 11) is 0. The Morgan fingerprint density at radius 3 is 2.62 bits per heavy atom. The van der Waals surface area contributed by atoms with E-state index in [9.17, 15) is 9.59 Å². The lowest BCUT2D eigenvalue weighted by atomic mass is 9.96. The summed E-state index contributed by atoms with van der Waals surface area (Å²) in [5, 5.41) is 10.1. The van der Waals surface area contributed by atoms with Crippen molar-refractivity contribution >= 4 is 23.4 Å². The molecule has 1 aliphatic rings. The highest BCUT2D eigenvalue weighted by molar-refractivity contribution is 6.30. The summed E-state index contributed by atoms with van der Waals surface area (Å²) in [6.45, 7) is 2.15. The number of benzene rings is 1. The van der Waals surface area contributed by atoms with Crippen LogP contribution in [0.15, 0.2) is 36.7 Å². The summed E-state index contributed by atoms with van der Waals surface area (Å²) < 4.78 is 0. The third kappa shape index (κ3) is 5.08. The molecule has 1 aromatic heterocycles. The number of aromatic nitrogens is 2. The molecule has 1 aromatic carbocycles. The van der Waals surface area contributed by atoms with Gasteiger partial charge in [0.05, 0.1) is 11.8 Å². The number of piperidine rings is 1. The number of hydrogen-bond donors (Lipinski definition) is 2. The number of carbonyl (C=O) groups is 2. The van der Waals surface area contributed by atoms with E-state index in [-0.39, 0.29) is 11.8 Å². The number of halogens is 1. The van der Waals surface area contributed by atoms with E-state index in [2.05, 4.69) is 15.5 Å². The first-order chi connectivity index (χ1) is 12.6. The molecule has 0 spiro atoms. The molecule has 0 unspecified atom stereocenters. The average Bonchev–Trinajstić information content (AvgIpc) is 3.21. The quantitative estimate of drug-likeness (QED) is 0.815. The highest BCUT2D eigenvalue weighted by Gasteiger charge is 2.23. The Balaban J connectivity index is 1.37. The molecule has 0 atom stereocenters. The van der Waals surface area contributed by atoms with Crippen LogP contribution >= 0.6 is 11.6 Å². The van der Waals surface area contributed by atoms with Crippen molar-refractivity contribution in [3.8, 4) is 0 Å². The zero-order valence-electron chi connectivity index (χ0n) is 14.6. The van der Waals surface area contributed by atoms with Crippen molar-refractivity contribution in [2.45, 2.75) is 25.7 Å². The lowest BCUT2D eigenvalue weighted by molar-refractivity contribution is -0.132. The lowest BCUT2D eigenvalue weighted by Crippen LogP contribution is -2.41. The molecular formula is C19H23ClN4O2. The van der Waals surface area contributed by atoms with Gasteiger partial charge in [-0.1, -0.05) is 23.7 Å². The fraction of sp³-hybridized carbons (Fsp3) is 0.421. The van der Waals surface area contributed by atoms with Gasteiger partial charge in [0.15, 0.2) is 0 Å². The number of H-pyrrole nitrogens is 1. The number of nitrogens with zero attached hydrogens (tertiary/aromatic N) is 2. The maximum Gasteiger partial charge on any atom is 0.254 e. The molecule has 1 saturated heterocycles. The van der Waals surface area contributed by atoms with Gasteiger partial charge in [-0.2, -0.15) is 5.10 Å². The van der Waals surface area contributed by atoms with Gasteiger partial charge in [0.1, 0.15) is 0 Å². The van der Waals surface area contributed by atoms with E-state index in [4.69, 9.17) is 11.6 Å². The van der Waals surface area contributed by atoms with Gasteiger partial charge in [-0.15, -0.1) is 0 Å². The molecule has 138 valence electrons. The van der Waals surface area contributed by atoms with Crippen LogP contribution in [0.5, 0.6) is 0 Å². The first-order valence-corrected chi connectivity index (χ1v) is 9.29. The lowest BCUT2D eigenvalue weighted by Gasteiger charge is -2.32. The summed E-state index contributed by atoms with van der Waals surface area (Å²) >= 11 is 5.88. The minimum Gasteiger partial charge on any atom is -0.352 e. The van der Waals surface area contributed by atoms with Crippen LogP contribution in [-0.2, 0) is 11.2 Å². The number of amides is 2. The Labute approximate surface area is 157 Å². The first kappa shape index (κ1) is 18.5. The topological polar surface area (TPSA) is 78.1 Å². The van der Waals surface area contributed by atoms with E-state index in [1.807, 2.05) is 29.2 Å². The second-order valence-corrected chi connectivity index (χ2v) is 7.08. The highest BCUT2D eigenvalue weighted by atomic mass is 35.5. The third-order valence-corrected chi connectivity index (χ3v) is 5.07. The molecule has 0 radical (unpaired) electrons. The van der Waals surface area contributed by atoms with Crippen LogP contribution in [0, 0.1) is 5.92 Å². The molecule has 26 heavy (non-hydrogen) atoms. The van der Waals surface area contributed by atoms with Crippen molar-refractivity contribution in [2.75, 3.05) is 19.6 Å². The molecule has 7 heteroatoms. The Morgan fingerprint density at radius 1 is 1.23 bits per heavy atom. The van der Waals surface area contributed by atoms with Crippen molar-refractivity contribution in [2.24, 2.45) is 5.92 Å². The van der Waals surface area contributed by atoms with E-state index in [0.29, 0.717) is 29.5 Å². The molecule has 1 fully saturated rings. The van der Waals surface area contributed by atoms with Crippen molar-refractivity contribution in [3.63, 3.8) is 0 Å². The largest absolute Gasteiger partial charge is 0.352 e. The van der Waals surface area contributed by atoms with Crippen molar-refractivity contribution < 1.29 is 9.59 Å². The molecule has 3 rings (SSSR count). The molecule has 0 saturated carbocycles. The van der Waals surface area contributed by atoms with Crippen LogP contribution in [0.25, 0.3) is 0 Å². The maximum atomic E-state index is 12.4. The number of nitrogens with one attached hydrogen (secondary N) is 2. The minimum atomic E-state index is -0.111.